The van der Waals surface area contributed by atoms with Crippen LogP contribution in [-0.4, -0.2) is 67.9 Å². The molecule has 1 fully saturated rings. The van der Waals surface area contributed by atoms with E-state index in [1.165, 1.54) is 0 Å². The molecule has 0 amide bonds. The number of ether oxygens (including phenoxy) is 2. The van der Waals surface area contributed by atoms with E-state index < -0.39 is 20.0 Å². The molecule has 0 unspecified atom stereocenters. The third-order valence-corrected chi connectivity index (χ3v) is 4.83. The smallest absolute Gasteiger partial charge is 0.213 e. The molecule has 1 heterocycles. The van der Waals surface area contributed by atoms with E-state index in [4.69, 9.17) is 9.47 Å². The Balaban J connectivity index is 2.48. The van der Waals surface area contributed by atoms with Crippen LogP contribution < -0.4 is 9.44 Å². The molecule has 0 aromatic carbocycles. The van der Waals surface area contributed by atoms with Crippen molar-refractivity contribution >= 4 is 20.0 Å². The Morgan fingerprint density at radius 2 is 1.06 bits per heavy atom. The molecule has 8 nitrogen and oxygen atoms in total. The predicted octanol–water partition coefficient (Wildman–Crippen LogP) is -2.13. The van der Waals surface area contributed by atoms with Gasteiger partial charge in [0.05, 0.1) is 37.9 Å². The van der Waals surface area contributed by atoms with Crippen LogP contribution in [0.5, 0.6) is 0 Å². The van der Waals surface area contributed by atoms with Crippen LogP contribution in [0.4, 0.5) is 0 Å². The van der Waals surface area contributed by atoms with Gasteiger partial charge in [0.1, 0.15) is 0 Å². The van der Waals surface area contributed by atoms with Gasteiger partial charge in [-0.1, -0.05) is 0 Å². The Morgan fingerprint density at radius 3 is 1.50 bits per heavy atom. The van der Waals surface area contributed by atoms with Gasteiger partial charge in [0, 0.05) is 13.1 Å². The first kappa shape index (κ1) is 15.8. The summed E-state index contributed by atoms with van der Waals surface area (Å²) in [7, 11) is -6.76. The van der Waals surface area contributed by atoms with E-state index in [-0.39, 0.29) is 51.0 Å². The number of rotatable bonds is 0. The summed E-state index contributed by atoms with van der Waals surface area (Å²) in [4.78, 5) is 0. The topological polar surface area (TPSA) is 111 Å². The molecular weight excluding hydrogens is 284 g/mol. The first-order valence-electron chi connectivity index (χ1n) is 5.51. The number of nitrogens with one attached hydrogen (secondary N) is 2. The van der Waals surface area contributed by atoms with Crippen molar-refractivity contribution in [1.82, 2.24) is 9.44 Å². The summed E-state index contributed by atoms with van der Waals surface area (Å²) in [6.45, 7) is 0.644. The van der Waals surface area contributed by atoms with Crippen LogP contribution in [0.1, 0.15) is 0 Å². The second kappa shape index (κ2) is 7.36. The molecule has 0 bridgehead atoms. The zero-order chi connectivity index (χ0) is 13.5. The Labute approximate surface area is 107 Å². The Kier molecular flexibility index (Phi) is 6.46. The van der Waals surface area contributed by atoms with Gasteiger partial charge >= 0.3 is 0 Å². The summed E-state index contributed by atoms with van der Waals surface area (Å²) < 4.78 is 60.3. The van der Waals surface area contributed by atoms with E-state index >= 15 is 0 Å². The fraction of sp³-hybridized carbons (Fsp3) is 1.00. The molecule has 1 aliphatic rings. The SMILES string of the molecule is O=S1(=O)CCOCCS(=O)(=O)NCCOCCN1. The van der Waals surface area contributed by atoms with Crippen molar-refractivity contribution in [2.24, 2.45) is 0 Å². The van der Waals surface area contributed by atoms with Gasteiger partial charge in [-0.2, -0.15) is 0 Å². The van der Waals surface area contributed by atoms with E-state index in [9.17, 15) is 16.8 Å². The van der Waals surface area contributed by atoms with Crippen molar-refractivity contribution in [1.29, 1.82) is 0 Å². The lowest BCUT2D eigenvalue weighted by Crippen LogP contribution is -2.35. The molecule has 0 atom stereocenters. The molecule has 0 aromatic heterocycles. The fourth-order valence-electron chi connectivity index (χ4n) is 1.22. The van der Waals surface area contributed by atoms with Gasteiger partial charge < -0.3 is 9.47 Å². The average molecular weight is 302 g/mol. The molecule has 1 aliphatic heterocycles. The van der Waals surface area contributed by atoms with Crippen LogP contribution in [0.2, 0.25) is 0 Å². The van der Waals surface area contributed by atoms with Crippen LogP contribution in [0.25, 0.3) is 0 Å². The molecule has 2 N–H and O–H groups in total. The van der Waals surface area contributed by atoms with Crippen molar-refractivity contribution in [3.05, 3.63) is 0 Å². The molecule has 0 saturated carbocycles. The molecule has 18 heavy (non-hydrogen) atoms. The quantitative estimate of drug-likeness (QED) is 0.529. The first-order valence-corrected chi connectivity index (χ1v) is 8.82. The molecule has 1 rings (SSSR count). The lowest BCUT2D eigenvalue weighted by Gasteiger charge is -2.11. The Hall–Kier alpha value is -0.260. The van der Waals surface area contributed by atoms with E-state index in [0.29, 0.717) is 0 Å². The van der Waals surface area contributed by atoms with Gasteiger partial charge in [0.15, 0.2) is 0 Å². The highest BCUT2D eigenvalue weighted by Crippen LogP contribution is 1.90. The van der Waals surface area contributed by atoms with E-state index in [0.717, 1.165) is 0 Å². The molecule has 0 aromatic rings. The lowest BCUT2D eigenvalue weighted by atomic mass is 10.7. The van der Waals surface area contributed by atoms with Crippen LogP contribution >= 0.6 is 0 Å². The zero-order valence-corrected chi connectivity index (χ0v) is 11.6. The van der Waals surface area contributed by atoms with Crippen LogP contribution in [0, 0.1) is 0 Å². The third kappa shape index (κ3) is 7.24. The molecule has 1 saturated heterocycles. The van der Waals surface area contributed by atoms with Gasteiger partial charge in [0.25, 0.3) is 0 Å². The minimum absolute atomic E-state index is 0.0360. The second-order valence-electron chi connectivity index (χ2n) is 3.65. The van der Waals surface area contributed by atoms with Gasteiger partial charge in [-0.05, 0) is 0 Å². The average Bonchev–Trinajstić information content (AvgIpc) is 2.26. The summed E-state index contributed by atoms with van der Waals surface area (Å²) >= 11 is 0. The van der Waals surface area contributed by atoms with Crippen LogP contribution in [0.3, 0.4) is 0 Å². The largest absolute Gasteiger partial charge is 0.379 e. The second-order valence-corrected chi connectivity index (χ2v) is 7.50. The van der Waals surface area contributed by atoms with Crippen molar-refractivity contribution in [2.75, 3.05) is 51.0 Å². The standard InChI is InChI=1S/C8H18N2O6S2/c11-17(12)7-5-16-6-8-18(13,14)10-2-4-15-3-1-9-17/h9-10H,1-8H2. The first-order chi connectivity index (χ1) is 8.41. The third-order valence-electron chi connectivity index (χ3n) is 2.13. The maximum Gasteiger partial charge on any atom is 0.213 e. The summed E-state index contributed by atoms with van der Waals surface area (Å²) in [5, 5.41) is 0. The van der Waals surface area contributed by atoms with Gasteiger partial charge in [-0.15, -0.1) is 0 Å². The van der Waals surface area contributed by atoms with Crippen molar-refractivity contribution < 1.29 is 26.3 Å². The minimum atomic E-state index is -3.38. The summed E-state index contributed by atoms with van der Waals surface area (Å²) in [5.74, 6) is -0.388. The highest BCUT2D eigenvalue weighted by molar-refractivity contribution is 7.89. The monoisotopic (exact) mass is 302 g/mol. The highest BCUT2D eigenvalue weighted by Gasteiger charge is 2.12. The molecule has 10 heteroatoms. The normalized spacial score (nSPS) is 27.1. The molecule has 0 aliphatic carbocycles. The molecule has 0 radical (unpaired) electrons. The fourth-order valence-corrected chi connectivity index (χ4v) is 2.98. The van der Waals surface area contributed by atoms with Crippen molar-refractivity contribution in [2.45, 2.75) is 0 Å². The zero-order valence-electron chi connectivity index (χ0n) is 9.92. The van der Waals surface area contributed by atoms with Gasteiger partial charge in [-0.3, -0.25) is 0 Å². The molecule has 108 valence electrons. The Morgan fingerprint density at radius 1 is 0.667 bits per heavy atom. The predicted molar refractivity (Wildman–Crippen MR) is 65.2 cm³/mol. The van der Waals surface area contributed by atoms with Crippen molar-refractivity contribution in [3.63, 3.8) is 0 Å². The van der Waals surface area contributed by atoms with Crippen molar-refractivity contribution in [3.8, 4) is 0 Å². The van der Waals surface area contributed by atoms with E-state index in [1.807, 2.05) is 0 Å². The minimum Gasteiger partial charge on any atom is -0.379 e. The van der Waals surface area contributed by atoms with Crippen LogP contribution in [-0.2, 0) is 29.5 Å². The maximum atomic E-state index is 11.4. The number of hydrogen-bond acceptors (Lipinski definition) is 6. The van der Waals surface area contributed by atoms with Gasteiger partial charge in [0.2, 0.25) is 20.0 Å². The summed E-state index contributed by atoms with van der Waals surface area (Å²) in [6.07, 6.45) is 0. The maximum absolute atomic E-state index is 11.4. The van der Waals surface area contributed by atoms with E-state index in [2.05, 4.69) is 9.44 Å². The summed E-state index contributed by atoms with van der Waals surface area (Å²) in [6, 6.07) is 0. The Bertz CT molecular complexity index is 393. The van der Waals surface area contributed by atoms with Crippen LogP contribution in [0.15, 0.2) is 0 Å². The highest BCUT2D eigenvalue weighted by atomic mass is 32.2. The lowest BCUT2D eigenvalue weighted by molar-refractivity contribution is 0.143. The van der Waals surface area contributed by atoms with Gasteiger partial charge in [-0.25, -0.2) is 26.3 Å². The van der Waals surface area contributed by atoms with E-state index in [1.54, 1.807) is 0 Å². The summed E-state index contributed by atoms with van der Waals surface area (Å²) in [5.41, 5.74) is 0. The number of hydrogen-bond donors (Lipinski definition) is 2. The number of sulfonamides is 2. The molecule has 0 spiro atoms. The molecular formula is C8H18N2O6S2.